The van der Waals surface area contributed by atoms with Gasteiger partial charge < -0.3 is 13.4 Å². The summed E-state index contributed by atoms with van der Waals surface area (Å²) in [5.74, 6) is 2.05. The Morgan fingerprint density at radius 3 is 2.68 bits per heavy atom. The van der Waals surface area contributed by atoms with Gasteiger partial charge in [0.2, 0.25) is 0 Å². The molecule has 10 heteroatoms. The molecule has 5 rings (SSSR count). The maximum absolute atomic E-state index is 13.1. The van der Waals surface area contributed by atoms with E-state index >= 15 is 0 Å². The maximum atomic E-state index is 13.1. The second-order valence-electron chi connectivity index (χ2n) is 6.89. The van der Waals surface area contributed by atoms with Gasteiger partial charge in [-0.1, -0.05) is 11.8 Å². The lowest BCUT2D eigenvalue weighted by Gasteiger charge is -2.19. The molecule has 1 aliphatic rings. The highest BCUT2D eigenvalue weighted by Crippen LogP contribution is 2.34. The van der Waals surface area contributed by atoms with Crippen LogP contribution in [0.3, 0.4) is 0 Å². The van der Waals surface area contributed by atoms with E-state index in [4.69, 9.17) is 8.83 Å². The van der Waals surface area contributed by atoms with Crippen LogP contribution in [0.4, 0.5) is 0 Å². The summed E-state index contributed by atoms with van der Waals surface area (Å²) in [6.45, 7) is 0. The minimum absolute atomic E-state index is 0.151. The summed E-state index contributed by atoms with van der Waals surface area (Å²) in [6.07, 6.45) is 7.12. The van der Waals surface area contributed by atoms with Gasteiger partial charge in [-0.2, -0.15) is 5.10 Å². The molecule has 0 aromatic carbocycles. The molecule has 0 aliphatic carbocycles. The van der Waals surface area contributed by atoms with E-state index in [1.807, 2.05) is 35.9 Å². The van der Waals surface area contributed by atoms with Crippen molar-refractivity contribution in [3.05, 3.63) is 72.8 Å². The van der Waals surface area contributed by atoms with Crippen molar-refractivity contribution in [3.63, 3.8) is 0 Å². The van der Waals surface area contributed by atoms with E-state index < -0.39 is 0 Å². The lowest BCUT2D eigenvalue weighted by Crippen LogP contribution is -2.28. The second kappa shape index (κ2) is 8.23. The maximum Gasteiger partial charge on any atom is 0.253 e. The van der Waals surface area contributed by atoms with Crippen LogP contribution in [0.25, 0.3) is 11.4 Å². The molecular weight excluding hydrogens is 416 g/mol. The summed E-state index contributed by atoms with van der Waals surface area (Å²) >= 11 is 1.31. The van der Waals surface area contributed by atoms with Crippen LogP contribution in [-0.2, 0) is 11.8 Å². The number of amides is 1. The number of carbonyl (C=O) groups is 1. The van der Waals surface area contributed by atoms with E-state index in [1.54, 1.807) is 37.1 Å². The zero-order valence-electron chi connectivity index (χ0n) is 16.6. The zero-order chi connectivity index (χ0) is 21.2. The monoisotopic (exact) mass is 434 g/mol. The number of hydrazone groups is 1. The standard InChI is InChI=1S/C21H18N6O3S/c1-26-20(14-6-8-22-9-7-14)23-24-21(26)31-13-19(28)27-16(18-5-3-11-30-18)12-15(25-27)17-4-2-10-29-17/h2-11,16H,12-13H2,1H3/t16-/m1/s1. The molecule has 9 nitrogen and oxygen atoms in total. The van der Waals surface area contributed by atoms with Gasteiger partial charge in [0.05, 0.1) is 18.3 Å². The number of rotatable bonds is 6. The average molecular weight is 434 g/mol. The van der Waals surface area contributed by atoms with Gasteiger partial charge in [0.15, 0.2) is 11.0 Å². The van der Waals surface area contributed by atoms with Crippen LogP contribution in [0.2, 0.25) is 0 Å². The van der Waals surface area contributed by atoms with Crippen molar-refractivity contribution in [1.82, 2.24) is 24.8 Å². The Morgan fingerprint density at radius 2 is 1.94 bits per heavy atom. The van der Waals surface area contributed by atoms with Gasteiger partial charge in [-0.15, -0.1) is 10.2 Å². The Hall–Kier alpha value is -3.66. The first-order chi connectivity index (χ1) is 15.2. The lowest BCUT2D eigenvalue weighted by atomic mass is 10.1. The number of aromatic nitrogens is 4. The van der Waals surface area contributed by atoms with Crippen molar-refractivity contribution in [2.45, 2.75) is 17.6 Å². The van der Waals surface area contributed by atoms with Crippen LogP contribution in [0.1, 0.15) is 24.0 Å². The molecule has 1 amide bonds. The van der Waals surface area contributed by atoms with Crippen LogP contribution in [0.5, 0.6) is 0 Å². The molecule has 156 valence electrons. The van der Waals surface area contributed by atoms with Gasteiger partial charge in [-0.25, -0.2) is 5.01 Å². The first kappa shape index (κ1) is 19.3. The molecule has 0 spiro atoms. The number of carbonyl (C=O) groups excluding carboxylic acids is 1. The van der Waals surface area contributed by atoms with Crippen molar-refractivity contribution < 1.29 is 13.6 Å². The quantitative estimate of drug-likeness (QED) is 0.428. The van der Waals surface area contributed by atoms with E-state index in [1.165, 1.54) is 16.8 Å². The Kier molecular flexibility index (Phi) is 5.13. The van der Waals surface area contributed by atoms with Crippen molar-refractivity contribution in [2.24, 2.45) is 12.1 Å². The number of furan rings is 2. The number of nitrogens with zero attached hydrogens (tertiary/aromatic N) is 6. The van der Waals surface area contributed by atoms with E-state index in [-0.39, 0.29) is 17.7 Å². The fourth-order valence-electron chi connectivity index (χ4n) is 3.42. The molecular formula is C21H18N6O3S. The third-order valence-corrected chi connectivity index (χ3v) is 5.95. The third-order valence-electron chi connectivity index (χ3n) is 4.94. The molecule has 0 unspecified atom stereocenters. The molecule has 0 radical (unpaired) electrons. The molecule has 0 saturated heterocycles. The van der Waals surface area contributed by atoms with Crippen LogP contribution in [-0.4, -0.2) is 42.1 Å². The third kappa shape index (κ3) is 3.77. The Morgan fingerprint density at radius 1 is 1.13 bits per heavy atom. The molecule has 0 bridgehead atoms. The summed E-state index contributed by atoms with van der Waals surface area (Å²) in [5, 5.41) is 15.1. The highest BCUT2D eigenvalue weighted by Gasteiger charge is 2.35. The van der Waals surface area contributed by atoms with Crippen molar-refractivity contribution in [2.75, 3.05) is 5.75 Å². The second-order valence-corrected chi connectivity index (χ2v) is 7.83. The molecule has 0 N–H and O–H groups in total. The SMILES string of the molecule is Cn1c(SCC(=O)N2N=C(c3ccco3)C[C@@H]2c2ccco2)nnc1-c1ccncc1. The van der Waals surface area contributed by atoms with E-state index in [2.05, 4.69) is 20.3 Å². The van der Waals surface area contributed by atoms with Gasteiger partial charge in [0, 0.05) is 31.4 Å². The van der Waals surface area contributed by atoms with Gasteiger partial charge >= 0.3 is 0 Å². The predicted molar refractivity (Wildman–Crippen MR) is 113 cm³/mol. The lowest BCUT2D eigenvalue weighted by molar-refractivity contribution is -0.130. The van der Waals surface area contributed by atoms with Crippen molar-refractivity contribution >= 4 is 23.4 Å². The zero-order valence-corrected chi connectivity index (χ0v) is 17.4. The van der Waals surface area contributed by atoms with Gasteiger partial charge in [-0.3, -0.25) is 9.78 Å². The van der Waals surface area contributed by atoms with Crippen LogP contribution in [0.15, 0.2) is 80.4 Å². The topological polar surface area (TPSA) is 103 Å². The van der Waals surface area contributed by atoms with Gasteiger partial charge in [-0.05, 0) is 36.4 Å². The molecule has 1 aliphatic heterocycles. The molecule has 4 aromatic rings. The number of thioether (sulfide) groups is 1. The smallest absolute Gasteiger partial charge is 0.253 e. The average Bonchev–Trinajstić information content (AvgIpc) is 3.59. The summed E-state index contributed by atoms with van der Waals surface area (Å²) in [6, 6.07) is 10.7. The molecule has 1 atom stereocenters. The Labute approximate surface area is 181 Å². The van der Waals surface area contributed by atoms with E-state index in [0.29, 0.717) is 34.6 Å². The van der Waals surface area contributed by atoms with Crippen LogP contribution >= 0.6 is 11.8 Å². The minimum Gasteiger partial charge on any atom is -0.467 e. The highest BCUT2D eigenvalue weighted by molar-refractivity contribution is 7.99. The summed E-state index contributed by atoms with van der Waals surface area (Å²) < 4.78 is 12.9. The summed E-state index contributed by atoms with van der Waals surface area (Å²) in [7, 11) is 1.87. The number of pyridine rings is 1. The largest absolute Gasteiger partial charge is 0.467 e. The van der Waals surface area contributed by atoms with Crippen LogP contribution < -0.4 is 0 Å². The summed E-state index contributed by atoms with van der Waals surface area (Å²) in [4.78, 5) is 17.1. The first-order valence-corrected chi connectivity index (χ1v) is 10.6. The van der Waals surface area contributed by atoms with Crippen LogP contribution in [0, 0.1) is 0 Å². The molecule has 5 heterocycles. The fourth-order valence-corrected chi connectivity index (χ4v) is 4.18. The fraction of sp³-hybridized carbons (Fsp3) is 0.190. The first-order valence-electron chi connectivity index (χ1n) is 9.60. The number of hydrogen-bond acceptors (Lipinski definition) is 8. The summed E-state index contributed by atoms with van der Waals surface area (Å²) in [5.41, 5.74) is 1.62. The predicted octanol–water partition coefficient (Wildman–Crippen LogP) is 3.53. The van der Waals surface area contributed by atoms with Crippen molar-refractivity contribution in [1.29, 1.82) is 0 Å². The molecule has 4 aromatic heterocycles. The normalized spacial score (nSPS) is 16.0. The molecule has 31 heavy (non-hydrogen) atoms. The van der Waals surface area contributed by atoms with Gasteiger partial charge in [0.25, 0.3) is 5.91 Å². The van der Waals surface area contributed by atoms with E-state index in [0.717, 1.165) is 5.56 Å². The number of hydrogen-bond donors (Lipinski definition) is 0. The van der Waals surface area contributed by atoms with Crippen molar-refractivity contribution in [3.8, 4) is 11.4 Å². The Bertz CT molecular complexity index is 1200. The Balaban J connectivity index is 1.34. The van der Waals surface area contributed by atoms with E-state index in [9.17, 15) is 4.79 Å². The molecule has 0 fully saturated rings. The minimum atomic E-state index is -0.310. The van der Waals surface area contributed by atoms with Gasteiger partial charge in [0.1, 0.15) is 23.3 Å². The highest BCUT2D eigenvalue weighted by atomic mass is 32.2. The molecule has 0 saturated carbocycles.